The molecule has 2 rings (SSSR count). The molecular weight excluding hydrogens is 388 g/mol. The topological polar surface area (TPSA) is 85.5 Å². The first-order chi connectivity index (χ1) is 12.7. The molecule has 0 aliphatic heterocycles. The third-order valence-corrected chi connectivity index (χ3v) is 5.04. The fraction of sp³-hybridized carbons (Fsp3) is 0.421. The number of terminal acetylenes is 1. The molecule has 1 N–H and O–H groups in total. The molecule has 0 aliphatic rings. The van der Waals surface area contributed by atoms with Gasteiger partial charge in [-0.1, -0.05) is 50.1 Å². The van der Waals surface area contributed by atoms with Crippen LogP contribution in [0, 0.1) is 23.7 Å². The Kier molecular flexibility index (Phi) is 7.17. The number of carboxylic acid groups (broad SMARTS) is 1. The van der Waals surface area contributed by atoms with Crippen molar-refractivity contribution in [1.29, 1.82) is 0 Å². The van der Waals surface area contributed by atoms with E-state index in [9.17, 15) is 9.90 Å². The molecule has 0 amide bonds. The van der Waals surface area contributed by atoms with E-state index >= 15 is 0 Å². The van der Waals surface area contributed by atoms with E-state index in [4.69, 9.17) is 27.2 Å². The summed E-state index contributed by atoms with van der Waals surface area (Å²) in [7, 11) is 0. The number of carbonyl (C=O) groups is 1. The third kappa shape index (κ3) is 5.91. The first-order valence-electron chi connectivity index (χ1n) is 8.27. The average molecular weight is 409 g/mol. The van der Waals surface area contributed by atoms with Gasteiger partial charge in [-0.05, 0) is 30.0 Å². The molecule has 8 heteroatoms. The highest BCUT2D eigenvalue weighted by molar-refractivity contribution is 7.99. The van der Waals surface area contributed by atoms with Gasteiger partial charge in [-0.15, -0.1) is 16.6 Å². The molecule has 0 radical (unpaired) electrons. The van der Waals surface area contributed by atoms with Gasteiger partial charge < -0.3 is 14.3 Å². The van der Waals surface area contributed by atoms with Crippen LogP contribution in [0.3, 0.4) is 0 Å². The summed E-state index contributed by atoms with van der Waals surface area (Å²) in [5.41, 5.74) is 0.269. The van der Waals surface area contributed by atoms with Crippen molar-refractivity contribution in [2.24, 2.45) is 11.3 Å². The largest absolute Gasteiger partial charge is 0.481 e. The summed E-state index contributed by atoms with van der Waals surface area (Å²) >= 11 is 7.58. The van der Waals surface area contributed by atoms with Crippen LogP contribution in [0.1, 0.15) is 27.2 Å². The van der Waals surface area contributed by atoms with Gasteiger partial charge in [0.2, 0.25) is 5.89 Å². The predicted molar refractivity (Wildman–Crippen MR) is 105 cm³/mol. The number of hydrogen-bond acceptors (Lipinski definition) is 6. The summed E-state index contributed by atoms with van der Waals surface area (Å²) in [6.45, 7) is 5.91. The number of thioether (sulfide) groups is 1. The lowest BCUT2D eigenvalue weighted by atomic mass is 9.79. The number of benzene rings is 1. The minimum atomic E-state index is -0.798. The smallest absolute Gasteiger partial charge is 0.307 e. The van der Waals surface area contributed by atoms with Crippen molar-refractivity contribution in [3.8, 4) is 29.5 Å². The highest BCUT2D eigenvalue weighted by atomic mass is 35.5. The number of halogens is 1. The van der Waals surface area contributed by atoms with Gasteiger partial charge in [0.15, 0.2) is 0 Å². The number of carboxylic acids is 1. The normalized spacial score (nSPS) is 12.4. The number of aromatic nitrogens is 2. The van der Waals surface area contributed by atoms with Gasteiger partial charge in [0.05, 0.1) is 16.5 Å². The van der Waals surface area contributed by atoms with Crippen LogP contribution in [-0.2, 0) is 4.79 Å². The maximum Gasteiger partial charge on any atom is 0.307 e. The molecule has 144 valence electrons. The van der Waals surface area contributed by atoms with Crippen LogP contribution in [0.25, 0.3) is 11.5 Å². The van der Waals surface area contributed by atoms with Gasteiger partial charge in [0.1, 0.15) is 12.4 Å². The molecule has 0 aliphatic carbocycles. The molecule has 2 aromatic rings. The summed E-state index contributed by atoms with van der Waals surface area (Å²) in [5, 5.41) is 18.1. The van der Waals surface area contributed by atoms with Crippen molar-refractivity contribution in [2.45, 2.75) is 32.4 Å². The maximum absolute atomic E-state index is 11.4. The Labute approximate surface area is 167 Å². The first kappa shape index (κ1) is 21.1. The van der Waals surface area contributed by atoms with Crippen molar-refractivity contribution in [3.05, 3.63) is 23.2 Å². The van der Waals surface area contributed by atoms with Crippen molar-refractivity contribution in [3.63, 3.8) is 0 Å². The van der Waals surface area contributed by atoms with E-state index < -0.39 is 11.9 Å². The van der Waals surface area contributed by atoms with Crippen molar-refractivity contribution < 1.29 is 19.1 Å². The second-order valence-electron chi connectivity index (χ2n) is 6.90. The van der Waals surface area contributed by atoms with Crippen LogP contribution in [0.5, 0.6) is 5.75 Å². The molecule has 0 spiro atoms. The standard InChI is InChI=1S/C19H21ClN2O4S/c1-5-9-25-12-6-7-13(15(20)11-12)16-21-22-18(26-16)27-10-8-14(17(23)24)19(2,3)4/h1,6-7,11,14H,8-10H2,2-4H3,(H,23,24). The lowest BCUT2D eigenvalue weighted by Gasteiger charge is -2.26. The molecular formula is C19H21ClN2O4S. The molecule has 27 heavy (non-hydrogen) atoms. The second-order valence-corrected chi connectivity index (χ2v) is 8.35. The Morgan fingerprint density at radius 1 is 1.44 bits per heavy atom. The van der Waals surface area contributed by atoms with Gasteiger partial charge >= 0.3 is 5.97 Å². The zero-order valence-electron chi connectivity index (χ0n) is 15.4. The van der Waals surface area contributed by atoms with Gasteiger partial charge in [-0.25, -0.2) is 0 Å². The number of aliphatic carboxylic acids is 1. The lowest BCUT2D eigenvalue weighted by molar-refractivity contribution is -0.145. The summed E-state index contributed by atoms with van der Waals surface area (Å²) in [4.78, 5) is 11.4. The minimum Gasteiger partial charge on any atom is -0.481 e. The van der Waals surface area contributed by atoms with Crippen molar-refractivity contribution in [2.75, 3.05) is 12.4 Å². The maximum atomic E-state index is 11.4. The zero-order chi connectivity index (χ0) is 20.0. The van der Waals surface area contributed by atoms with Crippen LogP contribution < -0.4 is 4.74 Å². The van der Waals surface area contributed by atoms with E-state index in [2.05, 4.69) is 16.1 Å². The first-order valence-corrected chi connectivity index (χ1v) is 9.64. The quantitative estimate of drug-likeness (QED) is 0.503. The number of nitrogens with zero attached hydrogens (tertiary/aromatic N) is 2. The van der Waals surface area contributed by atoms with E-state index in [1.54, 1.807) is 18.2 Å². The highest BCUT2D eigenvalue weighted by Gasteiger charge is 2.30. The molecule has 0 saturated carbocycles. The number of hydrogen-bond donors (Lipinski definition) is 1. The summed E-state index contributed by atoms with van der Waals surface area (Å²) in [6.07, 6.45) is 5.66. The molecule has 1 aromatic heterocycles. The number of rotatable bonds is 8. The highest BCUT2D eigenvalue weighted by Crippen LogP contribution is 2.34. The SMILES string of the molecule is C#CCOc1ccc(-c2nnc(SCCC(C(=O)O)C(C)(C)C)o2)c(Cl)c1. The Morgan fingerprint density at radius 3 is 2.78 bits per heavy atom. The molecule has 1 heterocycles. The monoisotopic (exact) mass is 408 g/mol. The van der Waals surface area contributed by atoms with Gasteiger partial charge in [0, 0.05) is 5.75 Å². The minimum absolute atomic E-state index is 0.156. The molecule has 1 atom stereocenters. The van der Waals surface area contributed by atoms with Crippen LogP contribution in [0.4, 0.5) is 0 Å². The van der Waals surface area contributed by atoms with Crippen molar-refractivity contribution in [1.82, 2.24) is 10.2 Å². The lowest BCUT2D eigenvalue weighted by Crippen LogP contribution is -2.28. The molecule has 0 fully saturated rings. The van der Waals surface area contributed by atoms with E-state index in [0.29, 0.717) is 33.7 Å². The molecule has 1 aromatic carbocycles. The van der Waals surface area contributed by atoms with Gasteiger partial charge in [-0.2, -0.15) is 0 Å². The predicted octanol–water partition coefficient (Wildman–Crippen LogP) is 4.63. The summed E-state index contributed by atoms with van der Waals surface area (Å²) < 4.78 is 11.0. The molecule has 6 nitrogen and oxygen atoms in total. The zero-order valence-corrected chi connectivity index (χ0v) is 16.9. The van der Waals surface area contributed by atoms with Crippen LogP contribution in [0.15, 0.2) is 27.8 Å². The summed E-state index contributed by atoms with van der Waals surface area (Å²) in [5.74, 6) is 2.54. The van der Waals surface area contributed by atoms with E-state index in [0.717, 1.165) is 0 Å². The second kappa shape index (κ2) is 9.16. The van der Waals surface area contributed by atoms with Crippen LogP contribution >= 0.6 is 23.4 Å². The summed E-state index contributed by atoms with van der Waals surface area (Å²) in [6, 6.07) is 5.07. The Hall–Kier alpha value is -2.17. The van der Waals surface area contributed by atoms with E-state index in [1.165, 1.54) is 11.8 Å². The van der Waals surface area contributed by atoms with E-state index in [1.807, 2.05) is 20.8 Å². The van der Waals surface area contributed by atoms with Crippen LogP contribution in [-0.4, -0.2) is 33.6 Å². The number of ether oxygens (including phenoxy) is 1. The van der Waals surface area contributed by atoms with Gasteiger partial charge in [0.25, 0.3) is 5.22 Å². The van der Waals surface area contributed by atoms with Gasteiger partial charge in [-0.3, -0.25) is 4.79 Å². The molecule has 0 saturated heterocycles. The van der Waals surface area contributed by atoms with Crippen LogP contribution in [0.2, 0.25) is 5.02 Å². The molecule has 1 unspecified atom stereocenters. The van der Waals surface area contributed by atoms with Crippen molar-refractivity contribution >= 4 is 29.3 Å². The fourth-order valence-corrected chi connectivity index (χ4v) is 3.47. The molecule has 0 bridgehead atoms. The van der Waals surface area contributed by atoms with E-state index in [-0.39, 0.29) is 17.9 Å². The average Bonchev–Trinajstić information content (AvgIpc) is 3.04. The Balaban J connectivity index is 2.01. The Morgan fingerprint density at radius 2 is 2.19 bits per heavy atom. The fourth-order valence-electron chi connectivity index (χ4n) is 2.45. The third-order valence-electron chi connectivity index (χ3n) is 3.88. The Bertz CT molecular complexity index is 839.